The van der Waals surface area contributed by atoms with Gasteiger partial charge >= 0.3 is 0 Å². The zero-order valence-electron chi connectivity index (χ0n) is 15.6. The smallest absolute Gasteiger partial charge is 0.289 e. The Bertz CT molecular complexity index is 1360. The lowest BCUT2D eigenvalue weighted by molar-refractivity contribution is -0.384. The molecule has 0 radical (unpaired) electrons. The number of carbonyl (C=O) groups excluding carboxylic acids is 1. The largest absolute Gasteiger partial charge is 0.322 e. The van der Waals surface area contributed by atoms with E-state index in [4.69, 9.17) is 34.8 Å². The van der Waals surface area contributed by atoms with Crippen LogP contribution >= 0.6 is 34.8 Å². The molecule has 0 spiro atoms. The molecule has 1 N–H and O–H groups in total. The number of nitrogens with one attached hydrogen (secondary N) is 1. The molecule has 0 fully saturated rings. The van der Waals surface area contributed by atoms with Gasteiger partial charge in [-0.15, -0.1) is 0 Å². The molecule has 4 aromatic rings. The quantitative estimate of drug-likeness (QED) is 0.255. The maximum Gasteiger partial charge on any atom is 0.289 e. The molecule has 0 aliphatic carbocycles. The highest BCUT2D eigenvalue weighted by molar-refractivity contribution is 6.42. The van der Waals surface area contributed by atoms with E-state index in [-0.39, 0.29) is 16.4 Å². The lowest BCUT2D eigenvalue weighted by Crippen LogP contribution is -2.13. The van der Waals surface area contributed by atoms with Crippen LogP contribution in [0.25, 0.3) is 22.2 Å². The predicted molar refractivity (Wildman–Crippen MR) is 123 cm³/mol. The van der Waals surface area contributed by atoms with Crippen molar-refractivity contribution in [1.29, 1.82) is 0 Å². The lowest BCUT2D eigenvalue weighted by Gasteiger charge is -2.11. The second kappa shape index (κ2) is 8.51. The first-order valence-corrected chi connectivity index (χ1v) is 10.1. The lowest BCUT2D eigenvalue weighted by atomic mass is 10.0. The van der Waals surface area contributed by atoms with E-state index in [0.717, 1.165) is 0 Å². The fourth-order valence-electron chi connectivity index (χ4n) is 3.10. The van der Waals surface area contributed by atoms with Gasteiger partial charge in [0.1, 0.15) is 5.02 Å². The number of rotatable bonds is 4. The van der Waals surface area contributed by atoms with Crippen LogP contribution in [0.4, 0.5) is 11.4 Å². The predicted octanol–water partition coefficient (Wildman–Crippen LogP) is 7.02. The molecule has 9 heteroatoms. The molecular formula is C22H12Cl3N3O3. The molecule has 1 heterocycles. The van der Waals surface area contributed by atoms with Crippen LogP contribution in [0, 0.1) is 10.1 Å². The van der Waals surface area contributed by atoms with Crippen LogP contribution in [0.2, 0.25) is 15.1 Å². The topological polar surface area (TPSA) is 85.1 Å². The van der Waals surface area contributed by atoms with E-state index < -0.39 is 10.8 Å². The van der Waals surface area contributed by atoms with Crippen LogP contribution in [0.1, 0.15) is 10.4 Å². The summed E-state index contributed by atoms with van der Waals surface area (Å²) < 4.78 is 0. The van der Waals surface area contributed by atoms with Gasteiger partial charge in [-0.2, -0.15) is 0 Å². The molecule has 0 saturated carbocycles. The molecule has 1 aromatic heterocycles. The van der Waals surface area contributed by atoms with E-state index in [2.05, 4.69) is 10.3 Å². The van der Waals surface area contributed by atoms with Crippen molar-refractivity contribution in [3.63, 3.8) is 0 Å². The summed E-state index contributed by atoms with van der Waals surface area (Å²) in [7, 11) is 0. The second-order valence-corrected chi connectivity index (χ2v) is 7.80. The van der Waals surface area contributed by atoms with Crippen LogP contribution in [-0.4, -0.2) is 15.8 Å². The molecule has 154 valence electrons. The molecule has 4 rings (SSSR count). The number of anilines is 1. The standard InChI is InChI=1S/C22H12Cl3N3O3/c23-16-7-5-12(9-18(16)25)20-11-15(14-3-1-2-4-19(14)27-20)22(29)26-13-6-8-17(24)21(10-13)28(30)31/h1-11H,(H,26,29). The summed E-state index contributed by atoms with van der Waals surface area (Å²) in [6.07, 6.45) is 0. The van der Waals surface area contributed by atoms with Crippen molar-refractivity contribution in [3.8, 4) is 11.3 Å². The number of amides is 1. The van der Waals surface area contributed by atoms with Crippen LogP contribution in [0.3, 0.4) is 0 Å². The zero-order valence-corrected chi connectivity index (χ0v) is 17.9. The molecular weight excluding hydrogens is 461 g/mol. The zero-order chi connectivity index (χ0) is 22.1. The number of halogens is 3. The van der Waals surface area contributed by atoms with E-state index in [1.165, 1.54) is 18.2 Å². The van der Waals surface area contributed by atoms with Crippen molar-refractivity contribution in [3.05, 3.63) is 97.5 Å². The van der Waals surface area contributed by atoms with Gasteiger partial charge in [0.15, 0.2) is 0 Å². The summed E-state index contributed by atoms with van der Waals surface area (Å²) in [5, 5.41) is 15.2. The Morgan fingerprint density at radius 1 is 0.903 bits per heavy atom. The van der Waals surface area contributed by atoms with Gasteiger partial charge in [0.25, 0.3) is 11.6 Å². The van der Waals surface area contributed by atoms with E-state index in [9.17, 15) is 14.9 Å². The number of aromatic nitrogens is 1. The van der Waals surface area contributed by atoms with Crippen molar-refractivity contribution < 1.29 is 9.72 Å². The highest BCUT2D eigenvalue weighted by Gasteiger charge is 2.17. The molecule has 1 amide bonds. The van der Waals surface area contributed by atoms with Gasteiger partial charge in [0.2, 0.25) is 0 Å². The number of para-hydroxylation sites is 1. The van der Waals surface area contributed by atoms with E-state index in [1.54, 1.807) is 42.5 Å². The summed E-state index contributed by atoms with van der Waals surface area (Å²) in [5.41, 5.74) is 2.14. The molecule has 0 atom stereocenters. The number of hydrogen-bond acceptors (Lipinski definition) is 4. The fraction of sp³-hybridized carbons (Fsp3) is 0. The normalized spacial score (nSPS) is 10.8. The fourth-order valence-corrected chi connectivity index (χ4v) is 3.58. The number of pyridine rings is 1. The maximum absolute atomic E-state index is 13.1. The number of nitrogens with zero attached hydrogens (tertiary/aromatic N) is 2. The minimum atomic E-state index is -0.609. The van der Waals surface area contributed by atoms with Crippen molar-refractivity contribution in [2.45, 2.75) is 0 Å². The average Bonchev–Trinajstić information content (AvgIpc) is 2.76. The van der Waals surface area contributed by atoms with Gasteiger partial charge < -0.3 is 5.32 Å². The average molecular weight is 473 g/mol. The van der Waals surface area contributed by atoms with Gasteiger partial charge in [-0.3, -0.25) is 14.9 Å². The van der Waals surface area contributed by atoms with Gasteiger partial charge in [-0.1, -0.05) is 59.1 Å². The molecule has 0 aliphatic heterocycles. The Balaban J connectivity index is 1.79. The van der Waals surface area contributed by atoms with Gasteiger partial charge in [-0.05, 0) is 36.4 Å². The van der Waals surface area contributed by atoms with Gasteiger partial charge in [0.05, 0.1) is 31.7 Å². The van der Waals surface area contributed by atoms with Crippen molar-refractivity contribution in [2.75, 3.05) is 5.32 Å². The molecule has 3 aromatic carbocycles. The van der Waals surface area contributed by atoms with E-state index >= 15 is 0 Å². The van der Waals surface area contributed by atoms with E-state index in [0.29, 0.717) is 37.8 Å². The van der Waals surface area contributed by atoms with Crippen LogP contribution in [0.5, 0.6) is 0 Å². The number of benzene rings is 3. The molecule has 0 saturated heterocycles. The first-order valence-electron chi connectivity index (χ1n) is 8.94. The Labute approximate surface area is 191 Å². The van der Waals surface area contributed by atoms with Gasteiger partial charge in [0, 0.05) is 22.7 Å². The van der Waals surface area contributed by atoms with Crippen molar-refractivity contribution in [2.24, 2.45) is 0 Å². The highest BCUT2D eigenvalue weighted by atomic mass is 35.5. The summed E-state index contributed by atoms with van der Waals surface area (Å²) >= 11 is 18.0. The molecule has 0 aliphatic rings. The summed E-state index contributed by atoms with van der Waals surface area (Å²) in [6, 6.07) is 18.0. The minimum absolute atomic E-state index is 0.0146. The Morgan fingerprint density at radius 2 is 1.65 bits per heavy atom. The first kappa shape index (κ1) is 21.1. The molecule has 31 heavy (non-hydrogen) atoms. The van der Waals surface area contributed by atoms with Crippen LogP contribution in [-0.2, 0) is 0 Å². The van der Waals surface area contributed by atoms with Crippen molar-refractivity contribution >= 4 is 63.0 Å². The third kappa shape index (κ3) is 4.32. The Hall–Kier alpha value is -3.19. The second-order valence-electron chi connectivity index (χ2n) is 6.58. The number of fused-ring (bicyclic) bond motifs is 1. The Morgan fingerprint density at radius 3 is 2.39 bits per heavy atom. The molecule has 6 nitrogen and oxygen atoms in total. The number of nitro groups is 1. The summed E-state index contributed by atoms with van der Waals surface area (Å²) in [6.45, 7) is 0. The Kier molecular flexibility index (Phi) is 5.78. The van der Waals surface area contributed by atoms with Crippen molar-refractivity contribution in [1.82, 2.24) is 4.98 Å². The SMILES string of the molecule is O=C(Nc1ccc(Cl)c([N+](=O)[O-])c1)c1cc(-c2ccc(Cl)c(Cl)c2)nc2ccccc12. The van der Waals surface area contributed by atoms with Gasteiger partial charge in [-0.25, -0.2) is 4.98 Å². The minimum Gasteiger partial charge on any atom is -0.322 e. The maximum atomic E-state index is 13.1. The first-order chi connectivity index (χ1) is 14.8. The van der Waals surface area contributed by atoms with Crippen LogP contribution < -0.4 is 5.32 Å². The molecule has 0 unspecified atom stereocenters. The van der Waals surface area contributed by atoms with Crippen LogP contribution in [0.15, 0.2) is 66.7 Å². The highest BCUT2D eigenvalue weighted by Crippen LogP contribution is 2.31. The summed E-state index contributed by atoms with van der Waals surface area (Å²) in [4.78, 5) is 28.3. The number of carbonyl (C=O) groups is 1. The number of nitro benzene ring substituents is 1. The summed E-state index contributed by atoms with van der Waals surface area (Å²) in [5.74, 6) is -0.448. The number of hydrogen-bond donors (Lipinski definition) is 1. The third-order valence-electron chi connectivity index (χ3n) is 4.58. The molecule has 0 bridgehead atoms. The van der Waals surface area contributed by atoms with E-state index in [1.807, 2.05) is 6.07 Å². The monoisotopic (exact) mass is 471 g/mol. The third-order valence-corrected chi connectivity index (χ3v) is 5.64.